The number of hydrogen-bond acceptors (Lipinski definition) is 6. The molecule has 1 atom stereocenters. The normalized spacial score (nSPS) is 12.1. The van der Waals surface area contributed by atoms with Crippen molar-refractivity contribution in [1.29, 1.82) is 0 Å². The van der Waals surface area contributed by atoms with E-state index < -0.39 is 16.4 Å². The molecule has 0 aliphatic carbocycles. The maximum Gasteiger partial charge on any atom is 0.354 e. The number of aryl methyl sites for hydroxylation is 1. The number of nitro groups is 1. The number of aliphatic imine (C=N–C) groups is 1. The van der Waals surface area contributed by atoms with Crippen molar-refractivity contribution in [3.05, 3.63) is 85.2 Å². The molecule has 0 fully saturated rings. The van der Waals surface area contributed by atoms with Gasteiger partial charge in [0, 0.05) is 24.3 Å². The van der Waals surface area contributed by atoms with E-state index in [1.807, 2.05) is 19.1 Å². The molecule has 2 aromatic carbocycles. The van der Waals surface area contributed by atoms with Crippen molar-refractivity contribution >= 4 is 34.3 Å². The summed E-state index contributed by atoms with van der Waals surface area (Å²) in [7, 11) is 0. The predicted octanol–water partition coefficient (Wildman–Crippen LogP) is 5.37. The van der Waals surface area contributed by atoms with Crippen molar-refractivity contribution in [2.75, 3.05) is 13.1 Å². The van der Waals surface area contributed by atoms with E-state index in [-0.39, 0.29) is 45.0 Å². The van der Waals surface area contributed by atoms with Crippen molar-refractivity contribution in [3.8, 4) is 16.9 Å². The SMILES string of the molecule is CC(C)CCCc1cc(Cl)c(F)c(-c2[nH]c3nc(=O)n(-c4ccc([C@H](C)NCCCN=C(N)N)cc4)cc3c2[N+](=O)[O-])c1. The van der Waals surface area contributed by atoms with Gasteiger partial charge in [-0.1, -0.05) is 44.0 Å². The summed E-state index contributed by atoms with van der Waals surface area (Å²) in [4.78, 5) is 35.5. The minimum atomic E-state index is -0.784. The molecular formula is C30H36ClFN8O3. The lowest BCUT2D eigenvalue weighted by Gasteiger charge is -2.15. The Balaban J connectivity index is 1.66. The molecule has 0 saturated heterocycles. The topological polar surface area (TPSA) is 170 Å². The summed E-state index contributed by atoms with van der Waals surface area (Å²) in [5, 5.41) is 15.6. The number of nitrogens with zero attached hydrogens (tertiary/aromatic N) is 4. The van der Waals surface area contributed by atoms with Crippen molar-refractivity contribution < 1.29 is 9.31 Å². The van der Waals surface area contributed by atoms with Gasteiger partial charge in [0.25, 0.3) is 0 Å². The molecule has 2 aromatic heterocycles. The van der Waals surface area contributed by atoms with Crippen LogP contribution in [0.1, 0.15) is 57.2 Å². The highest BCUT2D eigenvalue weighted by molar-refractivity contribution is 6.31. The Morgan fingerprint density at radius 2 is 1.93 bits per heavy atom. The molecule has 6 N–H and O–H groups in total. The highest BCUT2D eigenvalue weighted by Crippen LogP contribution is 2.39. The minimum absolute atomic E-state index is 0.0150. The largest absolute Gasteiger partial charge is 0.370 e. The number of rotatable bonds is 13. The first-order valence-electron chi connectivity index (χ1n) is 14.1. The first kappa shape index (κ1) is 31.6. The van der Waals surface area contributed by atoms with Gasteiger partial charge >= 0.3 is 11.4 Å². The molecule has 0 aliphatic heterocycles. The van der Waals surface area contributed by atoms with Crippen molar-refractivity contribution in [3.63, 3.8) is 0 Å². The number of benzene rings is 2. The second-order valence-electron chi connectivity index (χ2n) is 10.9. The fraction of sp³-hybridized carbons (Fsp3) is 0.367. The van der Waals surface area contributed by atoms with E-state index >= 15 is 4.39 Å². The van der Waals surface area contributed by atoms with Gasteiger partial charge < -0.3 is 21.8 Å². The highest BCUT2D eigenvalue weighted by Gasteiger charge is 2.28. The molecule has 0 amide bonds. The molecule has 43 heavy (non-hydrogen) atoms. The van der Waals surface area contributed by atoms with Gasteiger partial charge in [-0.3, -0.25) is 19.7 Å². The number of fused-ring (bicyclic) bond motifs is 1. The predicted molar refractivity (Wildman–Crippen MR) is 168 cm³/mol. The van der Waals surface area contributed by atoms with Crippen molar-refractivity contribution in [2.45, 2.75) is 52.5 Å². The van der Waals surface area contributed by atoms with Gasteiger partial charge in [-0.15, -0.1) is 0 Å². The Morgan fingerprint density at radius 1 is 1.21 bits per heavy atom. The molecule has 11 nitrogen and oxygen atoms in total. The Bertz CT molecular complexity index is 1690. The summed E-state index contributed by atoms with van der Waals surface area (Å²) in [5.41, 5.74) is 11.7. The number of nitrogens with one attached hydrogen (secondary N) is 2. The Morgan fingerprint density at radius 3 is 2.58 bits per heavy atom. The summed E-state index contributed by atoms with van der Waals surface area (Å²) >= 11 is 6.21. The molecule has 0 radical (unpaired) electrons. The van der Waals surface area contributed by atoms with Crippen LogP contribution in [0, 0.1) is 21.8 Å². The van der Waals surface area contributed by atoms with E-state index in [1.54, 1.807) is 24.3 Å². The quantitative estimate of drug-likeness (QED) is 0.0518. The van der Waals surface area contributed by atoms with Gasteiger partial charge in [0.15, 0.2) is 17.4 Å². The number of aromatic amines is 1. The van der Waals surface area contributed by atoms with E-state index in [2.05, 4.69) is 34.1 Å². The third-order valence-electron chi connectivity index (χ3n) is 7.20. The number of nitrogens with two attached hydrogens (primary N) is 2. The van der Waals surface area contributed by atoms with Gasteiger partial charge in [-0.25, -0.2) is 9.18 Å². The monoisotopic (exact) mass is 610 g/mol. The van der Waals surface area contributed by atoms with Gasteiger partial charge in [-0.2, -0.15) is 4.98 Å². The molecule has 4 aromatic rings. The fourth-order valence-electron chi connectivity index (χ4n) is 4.94. The van der Waals surface area contributed by atoms with E-state index in [0.717, 1.165) is 30.4 Å². The third kappa shape index (κ3) is 7.57. The van der Waals surface area contributed by atoms with Crippen LogP contribution in [0.3, 0.4) is 0 Å². The fourth-order valence-corrected chi connectivity index (χ4v) is 5.18. The number of aromatic nitrogens is 3. The maximum absolute atomic E-state index is 15.3. The van der Waals surface area contributed by atoms with Gasteiger partial charge in [0.2, 0.25) is 0 Å². The molecule has 0 spiro atoms. The zero-order chi connectivity index (χ0) is 31.3. The van der Waals surface area contributed by atoms with Crippen LogP contribution in [0.2, 0.25) is 5.02 Å². The standard InChI is InChI=1S/C30H36ClFN8O3/c1-17(2)6-4-7-19-14-22(25(32)24(31)15-19)26-27(40(42)43)23-16-39(30(41)38-28(23)37-26)21-10-8-20(9-11-21)18(3)35-12-5-13-36-29(33)34/h8-11,14-18,35H,4-7,12-13H2,1-3H3,(H4,33,34,36)(H,37,38,41)/t18-/m0/s1. The number of H-pyrrole nitrogens is 1. The second kappa shape index (κ2) is 13.8. The Kier molecular flexibility index (Phi) is 10.1. The number of hydrogen-bond donors (Lipinski definition) is 4. The summed E-state index contributed by atoms with van der Waals surface area (Å²) in [6, 6.07) is 10.3. The molecule has 0 unspecified atom stereocenters. The van der Waals surface area contributed by atoms with Crippen LogP contribution in [0.4, 0.5) is 10.1 Å². The van der Waals surface area contributed by atoms with E-state index in [4.69, 9.17) is 23.1 Å². The summed E-state index contributed by atoms with van der Waals surface area (Å²) < 4.78 is 16.5. The molecule has 2 heterocycles. The van der Waals surface area contributed by atoms with Crippen LogP contribution >= 0.6 is 11.6 Å². The molecular weight excluding hydrogens is 575 g/mol. The molecule has 228 valence electrons. The molecule has 0 bridgehead atoms. The van der Waals surface area contributed by atoms with Gasteiger partial charge in [-0.05, 0) is 74.0 Å². The third-order valence-corrected chi connectivity index (χ3v) is 7.48. The first-order valence-corrected chi connectivity index (χ1v) is 14.5. The summed E-state index contributed by atoms with van der Waals surface area (Å²) in [6.45, 7) is 7.47. The van der Waals surface area contributed by atoms with E-state index in [9.17, 15) is 14.9 Å². The highest BCUT2D eigenvalue weighted by atomic mass is 35.5. The van der Waals surface area contributed by atoms with Crippen LogP contribution in [-0.2, 0) is 6.42 Å². The van der Waals surface area contributed by atoms with E-state index in [1.165, 1.54) is 10.8 Å². The first-order chi connectivity index (χ1) is 20.5. The van der Waals surface area contributed by atoms with Crippen molar-refractivity contribution in [2.24, 2.45) is 22.4 Å². The minimum Gasteiger partial charge on any atom is -0.370 e. The zero-order valence-electron chi connectivity index (χ0n) is 24.4. The Hall–Kier alpha value is -4.29. The number of halogens is 2. The van der Waals surface area contributed by atoms with Crippen LogP contribution in [0.15, 0.2) is 52.4 Å². The maximum atomic E-state index is 15.3. The molecule has 13 heteroatoms. The lowest BCUT2D eigenvalue weighted by atomic mass is 9.99. The zero-order valence-corrected chi connectivity index (χ0v) is 25.1. The second-order valence-corrected chi connectivity index (χ2v) is 11.3. The van der Waals surface area contributed by atoms with Gasteiger partial charge in [0.1, 0.15) is 11.1 Å². The average Bonchev–Trinajstić information content (AvgIpc) is 3.32. The van der Waals surface area contributed by atoms with E-state index in [0.29, 0.717) is 31.1 Å². The number of guanidine groups is 1. The molecule has 0 saturated carbocycles. The van der Waals surface area contributed by atoms with Gasteiger partial charge in [0.05, 0.1) is 15.6 Å². The van der Waals surface area contributed by atoms with Crippen LogP contribution in [0.25, 0.3) is 28.0 Å². The summed E-state index contributed by atoms with van der Waals surface area (Å²) in [6.07, 6.45) is 4.60. The smallest absolute Gasteiger partial charge is 0.354 e. The van der Waals surface area contributed by atoms with Crippen LogP contribution in [0.5, 0.6) is 0 Å². The van der Waals surface area contributed by atoms with Crippen molar-refractivity contribution in [1.82, 2.24) is 19.9 Å². The van der Waals surface area contributed by atoms with Crippen LogP contribution < -0.4 is 22.5 Å². The molecule has 0 aliphatic rings. The van der Waals surface area contributed by atoms with Crippen LogP contribution in [-0.4, -0.2) is 38.5 Å². The summed E-state index contributed by atoms with van der Waals surface area (Å²) in [5.74, 6) is -0.215. The molecule has 4 rings (SSSR count). The average molecular weight is 611 g/mol. The lowest BCUT2D eigenvalue weighted by molar-refractivity contribution is -0.382. The Labute approximate surface area is 253 Å². The lowest BCUT2D eigenvalue weighted by Crippen LogP contribution is -2.24.